The number of hydrogen-bond donors (Lipinski definition) is 2. The molecule has 3 heteroatoms. The van der Waals surface area contributed by atoms with Crippen molar-refractivity contribution in [1.82, 2.24) is 10.6 Å². The molecular formula is C24H32N2O. The van der Waals surface area contributed by atoms with Crippen molar-refractivity contribution in [3.05, 3.63) is 65.7 Å². The average molecular weight is 365 g/mol. The van der Waals surface area contributed by atoms with E-state index in [2.05, 4.69) is 53.1 Å². The Morgan fingerprint density at radius 2 is 1.70 bits per heavy atom. The Labute approximate surface area is 163 Å². The van der Waals surface area contributed by atoms with Crippen molar-refractivity contribution in [2.24, 2.45) is 11.8 Å². The first-order valence-electron chi connectivity index (χ1n) is 10.5. The lowest BCUT2D eigenvalue weighted by molar-refractivity contribution is 0.224. The number of fused-ring (bicyclic) bond motifs is 1. The first-order valence-corrected chi connectivity index (χ1v) is 10.5. The van der Waals surface area contributed by atoms with E-state index >= 15 is 0 Å². The van der Waals surface area contributed by atoms with E-state index in [0.29, 0.717) is 12.1 Å². The van der Waals surface area contributed by atoms with Crippen molar-refractivity contribution in [2.45, 2.75) is 50.7 Å². The molecular weight excluding hydrogens is 332 g/mol. The minimum atomic E-state index is 0.367. The Hall–Kier alpha value is -1.84. The summed E-state index contributed by atoms with van der Waals surface area (Å²) < 4.78 is 5.55. The fraction of sp³-hybridized carbons (Fsp3) is 0.500. The fourth-order valence-electron chi connectivity index (χ4n) is 5.05. The smallest absolute Gasteiger partial charge is 0.123 e. The van der Waals surface area contributed by atoms with Gasteiger partial charge in [0.2, 0.25) is 0 Å². The molecule has 2 fully saturated rings. The minimum Gasteiger partial charge on any atom is -0.496 e. The first-order chi connectivity index (χ1) is 13.3. The molecule has 144 valence electrons. The van der Waals surface area contributed by atoms with Crippen molar-refractivity contribution in [3.8, 4) is 5.75 Å². The monoisotopic (exact) mass is 364 g/mol. The van der Waals surface area contributed by atoms with Gasteiger partial charge in [-0.2, -0.15) is 0 Å². The van der Waals surface area contributed by atoms with Crippen molar-refractivity contribution in [3.63, 3.8) is 0 Å². The first kappa shape index (κ1) is 18.5. The number of ether oxygens (including phenoxy) is 1. The minimum absolute atomic E-state index is 0.367. The maximum atomic E-state index is 5.55. The highest BCUT2D eigenvalue weighted by molar-refractivity contribution is 5.33. The quantitative estimate of drug-likeness (QED) is 0.807. The van der Waals surface area contributed by atoms with Gasteiger partial charge in [0.1, 0.15) is 5.75 Å². The number of hydrogen-bond acceptors (Lipinski definition) is 3. The molecule has 0 aromatic heterocycles. The molecule has 1 heterocycles. The third-order valence-corrected chi connectivity index (χ3v) is 6.53. The Bertz CT molecular complexity index is 717. The van der Waals surface area contributed by atoms with Gasteiger partial charge in [0.05, 0.1) is 7.11 Å². The maximum Gasteiger partial charge on any atom is 0.123 e. The molecule has 2 N–H and O–H groups in total. The summed E-state index contributed by atoms with van der Waals surface area (Å²) >= 11 is 0. The Morgan fingerprint density at radius 3 is 2.52 bits per heavy atom. The molecule has 2 aliphatic rings. The van der Waals surface area contributed by atoms with Gasteiger partial charge in [-0.1, -0.05) is 67.8 Å². The number of para-hydroxylation sites is 1. The van der Waals surface area contributed by atoms with Crippen LogP contribution in [0.15, 0.2) is 54.6 Å². The predicted molar refractivity (Wildman–Crippen MR) is 111 cm³/mol. The van der Waals surface area contributed by atoms with Gasteiger partial charge in [-0.3, -0.25) is 0 Å². The summed E-state index contributed by atoms with van der Waals surface area (Å²) in [6.45, 7) is 1.99. The second-order valence-corrected chi connectivity index (χ2v) is 8.14. The van der Waals surface area contributed by atoms with Crippen molar-refractivity contribution >= 4 is 0 Å². The summed E-state index contributed by atoms with van der Waals surface area (Å²) in [5.41, 5.74) is 2.63. The van der Waals surface area contributed by atoms with E-state index in [-0.39, 0.29) is 0 Å². The largest absolute Gasteiger partial charge is 0.496 e. The van der Waals surface area contributed by atoms with Crippen LogP contribution < -0.4 is 15.4 Å². The lowest BCUT2D eigenvalue weighted by Crippen LogP contribution is -2.40. The van der Waals surface area contributed by atoms with E-state index in [1.807, 2.05) is 12.1 Å². The zero-order chi connectivity index (χ0) is 18.5. The predicted octanol–water partition coefficient (Wildman–Crippen LogP) is 4.69. The standard InChI is InChI=1S/C24H32N2O/c1-27-23-14-8-7-13-21(23)17-25-22-15-19-11-5-6-12-20(19)16-26-24(22)18-9-3-2-4-10-18/h2-4,7-10,13-14,19-20,22,24-26H,5-6,11-12,15-17H2,1H3. The third-order valence-electron chi connectivity index (χ3n) is 6.53. The van der Waals surface area contributed by atoms with Crippen LogP contribution in [-0.2, 0) is 6.54 Å². The van der Waals surface area contributed by atoms with Crippen LogP contribution in [0.3, 0.4) is 0 Å². The molecule has 27 heavy (non-hydrogen) atoms. The number of methoxy groups -OCH3 is 1. The van der Waals surface area contributed by atoms with Crippen molar-refractivity contribution in [2.75, 3.05) is 13.7 Å². The zero-order valence-electron chi connectivity index (χ0n) is 16.4. The summed E-state index contributed by atoms with van der Waals surface area (Å²) in [5, 5.41) is 7.81. The number of nitrogens with one attached hydrogen (secondary N) is 2. The second-order valence-electron chi connectivity index (χ2n) is 8.14. The van der Waals surface area contributed by atoms with Crippen molar-refractivity contribution in [1.29, 1.82) is 0 Å². The summed E-state index contributed by atoms with van der Waals surface area (Å²) in [7, 11) is 1.76. The highest BCUT2D eigenvalue weighted by atomic mass is 16.5. The van der Waals surface area contributed by atoms with E-state index in [4.69, 9.17) is 4.74 Å². The van der Waals surface area contributed by atoms with Crippen LogP contribution in [0.5, 0.6) is 5.75 Å². The summed E-state index contributed by atoms with van der Waals surface area (Å²) in [4.78, 5) is 0. The van der Waals surface area contributed by atoms with Gasteiger partial charge in [0.25, 0.3) is 0 Å². The third kappa shape index (κ3) is 4.36. The topological polar surface area (TPSA) is 33.3 Å². The molecule has 1 aliphatic carbocycles. The van der Waals surface area contributed by atoms with Crippen molar-refractivity contribution < 1.29 is 4.74 Å². The highest BCUT2D eigenvalue weighted by Gasteiger charge is 2.35. The lowest BCUT2D eigenvalue weighted by atomic mass is 9.76. The van der Waals surface area contributed by atoms with E-state index in [1.165, 1.54) is 43.2 Å². The molecule has 0 amide bonds. The molecule has 4 rings (SSSR count). The normalized spacial score (nSPS) is 28.2. The second kappa shape index (κ2) is 8.90. The van der Waals surface area contributed by atoms with E-state index in [1.54, 1.807) is 7.11 Å². The fourth-order valence-corrected chi connectivity index (χ4v) is 5.05. The molecule has 4 unspecified atom stereocenters. The van der Waals surface area contributed by atoms with Crippen LogP contribution in [0.4, 0.5) is 0 Å². The van der Waals surface area contributed by atoms with Crippen LogP contribution in [-0.4, -0.2) is 19.7 Å². The van der Waals surface area contributed by atoms with E-state index in [0.717, 1.165) is 30.7 Å². The van der Waals surface area contributed by atoms with Crippen LogP contribution in [0, 0.1) is 11.8 Å². The Kier molecular flexibility index (Phi) is 6.10. The Balaban J connectivity index is 1.54. The molecule has 0 spiro atoms. The summed E-state index contributed by atoms with van der Waals surface area (Å²) in [6, 6.07) is 20.1. The molecule has 1 aliphatic heterocycles. The van der Waals surface area contributed by atoms with Crippen LogP contribution in [0.25, 0.3) is 0 Å². The molecule has 0 radical (unpaired) electrons. The van der Waals surface area contributed by atoms with Gasteiger partial charge in [-0.05, 0) is 42.9 Å². The molecule has 1 saturated carbocycles. The molecule has 4 atom stereocenters. The number of benzene rings is 2. The van der Waals surface area contributed by atoms with Gasteiger partial charge >= 0.3 is 0 Å². The van der Waals surface area contributed by atoms with E-state index < -0.39 is 0 Å². The molecule has 3 nitrogen and oxygen atoms in total. The zero-order valence-corrected chi connectivity index (χ0v) is 16.4. The van der Waals surface area contributed by atoms with E-state index in [9.17, 15) is 0 Å². The van der Waals surface area contributed by atoms with Gasteiger partial charge in [0.15, 0.2) is 0 Å². The van der Waals surface area contributed by atoms with Crippen LogP contribution >= 0.6 is 0 Å². The summed E-state index contributed by atoms with van der Waals surface area (Å²) in [5.74, 6) is 2.65. The van der Waals surface area contributed by atoms with Gasteiger partial charge in [0, 0.05) is 24.2 Å². The molecule has 2 aromatic rings. The van der Waals surface area contributed by atoms with Gasteiger partial charge in [-0.25, -0.2) is 0 Å². The maximum absolute atomic E-state index is 5.55. The lowest BCUT2D eigenvalue weighted by Gasteiger charge is -2.31. The Morgan fingerprint density at radius 1 is 0.963 bits per heavy atom. The highest BCUT2D eigenvalue weighted by Crippen LogP contribution is 2.38. The van der Waals surface area contributed by atoms with Crippen LogP contribution in [0.1, 0.15) is 49.3 Å². The molecule has 2 aromatic carbocycles. The van der Waals surface area contributed by atoms with Crippen LogP contribution in [0.2, 0.25) is 0 Å². The number of rotatable bonds is 5. The molecule has 0 bridgehead atoms. The SMILES string of the molecule is COc1ccccc1CNC1CC2CCCCC2CNC1c1ccccc1. The molecule has 1 saturated heterocycles. The average Bonchev–Trinajstić information content (AvgIpc) is 2.92. The van der Waals surface area contributed by atoms with Gasteiger partial charge < -0.3 is 15.4 Å². The summed E-state index contributed by atoms with van der Waals surface area (Å²) in [6.07, 6.45) is 6.83. The van der Waals surface area contributed by atoms with Gasteiger partial charge in [-0.15, -0.1) is 0 Å².